The first kappa shape index (κ1) is 40.2. The van der Waals surface area contributed by atoms with Crippen molar-refractivity contribution in [2.24, 2.45) is 17.6 Å². The number of carbonyl (C=O) groups is 4. The molecule has 0 bridgehead atoms. The zero-order valence-corrected chi connectivity index (χ0v) is 30.6. The summed E-state index contributed by atoms with van der Waals surface area (Å²) >= 11 is 0. The minimum absolute atomic E-state index is 0.101. The van der Waals surface area contributed by atoms with Crippen LogP contribution in [0.15, 0.2) is 60.7 Å². The third-order valence-corrected chi connectivity index (χ3v) is 10.1. The molecule has 14 heteroatoms. The molecule has 5 rings (SSSR count). The molecular formula is C40H47F4N5O5. The maximum atomic E-state index is 15.1. The lowest BCUT2D eigenvalue weighted by atomic mass is 9.83. The molecular weight excluding hydrogens is 706 g/mol. The molecule has 0 radical (unpaired) electrons. The van der Waals surface area contributed by atoms with Crippen LogP contribution in [0.2, 0.25) is 0 Å². The number of nitrogens with two attached hydrogens (primary N) is 1. The van der Waals surface area contributed by atoms with Crippen molar-refractivity contribution in [3.8, 4) is 0 Å². The number of hydrogen-bond acceptors (Lipinski definition) is 7. The van der Waals surface area contributed by atoms with Crippen LogP contribution in [0, 0.1) is 24.6 Å². The van der Waals surface area contributed by atoms with Crippen LogP contribution in [0.1, 0.15) is 91.0 Å². The molecule has 3 amide bonds. The van der Waals surface area contributed by atoms with Crippen molar-refractivity contribution in [1.29, 1.82) is 0 Å². The summed E-state index contributed by atoms with van der Waals surface area (Å²) in [6.45, 7) is 4.00. The second-order valence-electron chi connectivity index (χ2n) is 14.4. The average Bonchev–Trinajstić information content (AvgIpc) is 3.65. The number of piperidine rings is 1. The molecule has 290 valence electrons. The highest BCUT2D eigenvalue weighted by Gasteiger charge is 2.41. The Kier molecular flexibility index (Phi) is 13.0. The molecule has 54 heavy (non-hydrogen) atoms. The predicted molar refractivity (Wildman–Crippen MR) is 196 cm³/mol. The Morgan fingerprint density at radius 3 is 2.28 bits per heavy atom. The van der Waals surface area contributed by atoms with Crippen LogP contribution in [0.4, 0.5) is 28.9 Å². The highest BCUT2D eigenvalue weighted by molar-refractivity contribution is 5.98. The Bertz CT molecular complexity index is 1810. The number of likely N-dealkylation sites (tertiary alicyclic amines) is 1. The largest absolute Gasteiger partial charge is 0.459 e. The maximum absolute atomic E-state index is 15.1. The highest BCUT2D eigenvalue weighted by Crippen LogP contribution is 2.40. The number of alkyl halides is 3. The van der Waals surface area contributed by atoms with E-state index in [1.807, 2.05) is 24.3 Å². The van der Waals surface area contributed by atoms with Crippen molar-refractivity contribution in [3.63, 3.8) is 0 Å². The fraction of sp³-hybridized carbons (Fsp3) is 0.450. The topological polar surface area (TPSA) is 143 Å². The summed E-state index contributed by atoms with van der Waals surface area (Å²) in [5.41, 5.74) is 5.95. The Morgan fingerprint density at radius 1 is 0.944 bits per heavy atom. The number of esters is 1. The molecule has 2 aliphatic rings. The second kappa shape index (κ2) is 17.4. The van der Waals surface area contributed by atoms with Crippen LogP contribution in [0.5, 0.6) is 0 Å². The molecule has 3 atom stereocenters. The molecule has 0 aromatic heterocycles. The van der Waals surface area contributed by atoms with E-state index in [1.54, 1.807) is 26.8 Å². The molecule has 3 aromatic rings. The smallest absolute Gasteiger partial charge is 0.416 e. The summed E-state index contributed by atoms with van der Waals surface area (Å²) in [4.78, 5) is 53.8. The van der Waals surface area contributed by atoms with Crippen LogP contribution < -0.4 is 21.7 Å². The standard InChI is InChI=1S/C40H47F4N5O5/c1-23(2)35(45)38(52)46-21-33(50)54-22-26-15-18-29(20-31(26)40(42,43)44)48-37(51)30-11-7-19-49(39(53)34-24(3)8-6-12-32(34)41)36(30)25-13-16-28(17-14-25)47-27-9-4-5-10-27/h6,8,12-18,20,23,27,30,35-36,47H,4-5,7,9-11,19,21-22,45H2,1-3H3,(H,46,52)(H,48,51)/t30-,35?,36-/m0/s1. The first-order chi connectivity index (χ1) is 25.6. The van der Waals surface area contributed by atoms with E-state index in [9.17, 15) is 32.3 Å². The number of benzene rings is 3. The number of aryl methyl sites for hydroxylation is 1. The zero-order chi connectivity index (χ0) is 39.2. The van der Waals surface area contributed by atoms with Crippen LogP contribution in [-0.4, -0.2) is 53.8 Å². The number of hydrogen-bond donors (Lipinski definition) is 4. The van der Waals surface area contributed by atoms with Crippen molar-refractivity contribution < 1.29 is 41.5 Å². The van der Waals surface area contributed by atoms with Gasteiger partial charge in [0.25, 0.3) is 5.91 Å². The van der Waals surface area contributed by atoms with Crippen LogP contribution in [0.25, 0.3) is 0 Å². The lowest BCUT2D eigenvalue weighted by Gasteiger charge is -2.41. The summed E-state index contributed by atoms with van der Waals surface area (Å²) in [6.07, 6.45) is 0.270. The number of halogens is 4. The number of nitrogens with zero attached hydrogens (tertiary/aromatic N) is 1. The monoisotopic (exact) mass is 753 g/mol. The summed E-state index contributed by atoms with van der Waals surface area (Å²) in [5.74, 6) is -4.52. The van der Waals surface area contributed by atoms with Crippen LogP contribution in [-0.2, 0) is 31.9 Å². The van der Waals surface area contributed by atoms with Gasteiger partial charge < -0.3 is 31.3 Å². The van der Waals surface area contributed by atoms with Crippen LogP contribution >= 0.6 is 0 Å². The fourth-order valence-corrected chi connectivity index (χ4v) is 7.11. The molecule has 1 heterocycles. The number of ether oxygens (including phenoxy) is 1. The van der Waals surface area contributed by atoms with Gasteiger partial charge in [-0.05, 0) is 80.0 Å². The van der Waals surface area contributed by atoms with Crippen molar-refractivity contribution in [2.75, 3.05) is 23.7 Å². The Labute approximate surface area is 312 Å². The Hall–Kier alpha value is -4.98. The van der Waals surface area contributed by atoms with Gasteiger partial charge >= 0.3 is 12.1 Å². The lowest BCUT2D eigenvalue weighted by Crippen LogP contribution is -2.46. The number of anilines is 2. The molecule has 1 aliphatic heterocycles. The lowest BCUT2D eigenvalue weighted by molar-refractivity contribution is -0.147. The van der Waals surface area contributed by atoms with Gasteiger partial charge in [-0.25, -0.2) is 4.39 Å². The van der Waals surface area contributed by atoms with Crippen molar-refractivity contribution >= 4 is 35.1 Å². The third-order valence-electron chi connectivity index (χ3n) is 10.1. The molecule has 3 aromatic carbocycles. The van der Waals surface area contributed by atoms with E-state index >= 15 is 4.39 Å². The first-order valence-corrected chi connectivity index (χ1v) is 18.3. The van der Waals surface area contributed by atoms with E-state index in [1.165, 1.54) is 23.1 Å². The molecule has 0 spiro atoms. The normalized spacial score (nSPS) is 18.3. The van der Waals surface area contributed by atoms with Gasteiger partial charge in [-0.15, -0.1) is 0 Å². The van der Waals surface area contributed by atoms with Gasteiger partial charge in [0.2, 0.25) is 11.8 Å². The molecule has 2 fully saturated rings. The van der Waals surface area contributed by atoms with E-state index in [-0.39, 0.29) is 29.3 Å². The van der Waals surface area contributed by atoms with E-state index in [4.69, 9.17) is 10.5 Å². The van der Waals surface area contributed by atoms with Gasteiger partial charge in [0.15, 0.2) is 0 Å². The summed E-state index contributed by atoms with van der Waals surface area (Å²) < 4.78 is 62.9. The van der Waals surface area contributed by atoms with Crippen molar-refractivity contribution in [2.45, 2.75) is 90.2 Å². The fourth-order valence-electron chi connectivity index (χ4n) is 7.11. The van der Waals surface area contributed by atoms with Gasteiger partial charge in [0.1, 0.15) is 19.0 Å². The van der Waals surface area contributed by atoms with E-state index in [2.05, 4.69) is 16.0 Å². The number of nitrogens with one attached hydrogen (secondary N) is 3. The molecule has 1 saturated carbocycles. The molecule has 1 saturated heterocycles. The quantitative estimate of drug-likeness (QED) is 0.117. The minimum atomic E-state index is -4.87. The van der Waals surface area contributed by atoms with E-state index in [0.29, 0.717) is 30.0 Å². The Balaban J connectivity index is 1.37. The SMILES string of the molecule is Cc1cccc(F)c1C(=O)N1CCC[C@H](C(=O)Nc2ccc(COC(=O)CNC(=O)C(N)C(C)C)c(C(F)(F)F)c2)[C@@H]1c1ccc(NC2CCCC2)cc1. The van der Waals surface area contributed by atoms with E-state index < -0.39 is 72.4 Å². The average molecular weight is 754 g/mol. The Morgan fingerprint density at radius 2 is 1.63 bits per heavy atom. The summed E-state index contributed by atoms with van der Waals surface area (Å²) in [7, 11) is 0. The molecule has 5 N–H and O–H groups in total. The van der Waals surface area contributed by atoms with Gasteiger partial charge in [0, 0.05) is 29.5 Å². The second-order valence-corrected chi connectivity index (χ2v) is 14.4. The predicted octanol–water partition coefficient (Wildman–Crippen LogP) is 6.88. The molecule has 10 nitrogen and oxygen atoms in total. The first-order valence-electron chi connectivity index (χ1n) is 18.3. The van der Waals surface area contributed by atoms with Gasteiger partial charge in [-0.3, -0.25) is 19.2 Å². The molecule has 1 unspecified atom stereocenters. The van der Waals surface area contributed by atoms with Crippen molar-refractivity contribution in [3.05, 3.63) is 94.3 Å². The number of rotatable bonds is 12. The number of carbonyl (C=O) groups excluding carboxylic acids is 4. The minimum Gasteiger partial charge on any atom is -0.459 e. The van der Waals surface area contributed by atoms with Gasteiger partial charge in [-0.2, -0.15) is 13.2 Å². The highest BCUT2D eigenvalue weighted by atomic mass is 19.4. The van der Waals surface area contributed by atoms with E-state index in [0.717, 1.165) is 43.5 Å². The third kappa shape index (κ3) is 9.76. The zero-order valence-electron chi connectivity index (χ0n) is 30.6. The van der Waals surface area contributed by atoms with Crippen LogP contribution in [0.3, 0.4) is 0 Å². The molecule has 1 aliphatic carbocycles. The van der Waals surface area contributed by atoms with Crippen molar-refractivity contribution in [1.82, 2.24) is 10.2 Å². The van der Waals surface area contributed by atoms with Gasteiger partial charge in [0.05, 0.1) is 29.1 Å². The summed E-state index contributed by atoms with van der Waals surface area (Å²) in [5, 5.41) is 8.45. The summed E-state index contributed by atoms with van der Waals surface area (Å²) in [6, 6.07) is 13.5. The number of amides is 3. The van der Waals surface area contributed by atoms with Gasteiger partial charge in [-0.1, -0.05) is 57.0 Å². The maximum Gasteiger partial charge on any atom is 0.416 e.